The van der Waals surface area contributed by atoms with E-state index in [-0.39, 0.29) is 5.91 Å². The van der Waals surface area contributed by atoms with Crippen molar-refractivity contribution in [3.05, 3.63) is 45.0 Å². The first-order chi connectivity index (χ1) is 7.66. The fraction of sp³-hybridized carbons (Fsp3) is 0.182. The van der Waals surface area contributed by atoms with Crippen molar-refractivity contribution in [1.29, 1.82) is 0 Å². The van der Waals surface area contributed by atoms with Crippen LogP contribution in [0.3, 0.4) is 0 Å². The van der Waals surface area contributed by atoms with Crippen molar-refractivity contribution >= 4 is 33.2 Å². The quantitative estimate of drug-likeness (QED) is 0.870. The third kappa shape index (κ3) is 2.54. The Hall–Kier alpha value is -1.07. The lowest BCUT2D eigenvalue weighted by Gasteiger charge is -2.14. The van der Waals surface area contributed by atoms with E-state index >= 15 is 0 Å². The highest BCUT2D eigenvalue weighted by molar-refractivity contribution is 9.11. The van der Waals surface area contributed by atoms with Crippen LogP contribution in [0.25, 0.3) is 0 Å². The molecule has 0 saturated carbocycles. The number of nitrogens with zero attached hydrogens (tertiary/aromatic N) is 1. The molecule has 0 aliphatic rings. The molecule has 16 heavy (non-hydrogen) atoms. The average Bonchev–Trinajstić information content (AvgIpc) is 2.88. The minimum absolute atomic E-state index is 0.0314. The van der Waals surface area contributed by atoms with Crippen LogP contribution in [0.1, 0.15) is 15.9 Å². The van der Waals surface area contributed by atoms with Crippen LogP contribution in [0.4, 0.5) is 0 Å². The molecule has 0 N–H and O–H groups in total. The Morgan fingerprint density at radius 3 is 3.00 bits per heavy atom. The molecule has 3 nitrogen and oxygen atoms in total. The van der Waals surface area contributed by atoms with Gasteiger partial charge in [-0.15, -0.1) is 11.3 Å². The van der Waals surface area contributed by atoms with E-state index in [1.807, 2.05) is 11.4 Å². The molecular weight excluding hydrogens is 290 g/mol. The Bertz CT molecular complexity index is 478. The van der Waals surface area contributed by atoms with Crippen LogP contribution in [0.15, 0.2) is 38.2 Å². The van der Waals surface area contributed by atoms with E-state index in [9.17, 15) is 4.79 Å². The summed E-state index contributed by atoms with van der Waals surface area (Å²) < 4.78 is 5.96. The molecule has 0 saturated heterocycles. The fourth-order valence-corrected chi connectivity index (χ4v) is 2.58. The molecule has 84 valence electrons. The number of amides is 1. The molecule has 0 aliphatic carbocycles. The zero-order valence-electron chi connectivity index (χ0n) is 8.64. The minimum atomic E-state index is -0.0314. The molecule has 0 spiro atoms. The highest BCUT2D eigenvalue weighted by Crippen LogP contribution is 2.21. The van der Waals surface area contributed by atoms with Gasteiger partial charge in [-0.2, -0.15) is 0 Å². The number of halogens is 1. The summed E-state index contributed by atoms with van der Waals surface area (Å²) in [6, 6.07) is 3.69. The summed E-state index contributed by atoms with van der Waals surface area (Å²) >= 11 is 5.01. The van der Waals surface area contributed by atoms with Crippen molar-refractivity contribution in [2.24, 2.45) is 0 Å². The molecule has 0 aromatic carbocycles. The highest BCUT2D eigenvalue weighted by atomic mass is 79.9. The molecule has 0 bridgehead atoms. The van der Waals surface area contributed by atoms with E-state index in [2.05, 4.69) is 15.9 Å². The van der Waals surface area contributed by atoms with Gasteiger partial charge in [0.2, 0.25) is 0 Å². The van der Waals surface area contributed by atoms with Crippen molar-refractivity contribution in [2.75, 3.05) is 7.05 Å². The van der Waals surface area contributed by atoms with Crippen LogP contribution in [-0.4, -0.2) is 17.9 Å². The van der Waals surface area contributed by atoms with Gasteiger partial charge in [-0.3, -0.25) is 4.79 Å². The maximum Gasteiger partial charge on any atom is 0.257 e. The van der Waals surface area contributed by atoms with Crippen LogP contribution in [0, 0.1) is 0 Å². The number of furan rings is 1. The van der Waals surface area contributed by atoms with Gasteiger partial charge in [0.05, 0.1) is 15.6 Å². The summed E-state index contributed by atoms with van der Waals surface area (Å²) in [5.74, 6) is -0.0314. The van der Waals surface area contributed by atoms with Gasteiger partial charge in [0.25, 0.3) is 5.91 Å². The molecular formula is C11H10BrNO2S. The van der Waals surface area contributed by atoms with E-state index in [0.29, 0.717) is 12.1 Å². The van der Waals surface area contributed by atoms with Crippen LogP contribution in [-0.2, 0) is 6.54 Å². The standard InChI is InChI=1S/C11H10BrNO2S/c1-13(5-8-4-10(12)16-7-8)11(14)9-2-3-15-6-9/h2-4,6-7H,5H2,1H3. The van der Waals surface area contributed by atoms with Gasteiger partial charge in [-0.25, -0.2) is 0 Å². The average molecular weight is 300 g/mol. The second kappa shape index (κ2) is 4.84. The number of carbonyl (C=O) groups is 1. The smallest absolute Gasteiger partial charge is 0.257 e. The maximum absolute atomic E-state index is 11.9. The summed E-state index contributed by atoms with van der Waals surface area (Å²) in [6.07, 6.45) is 2.96. The first-order valence-electron chi connectivity index (χ1n) is 4.67. The van der Waals surface area contributed by atoms with E-state index in [4.69, 9.17) is 4.42 Å². The Kier molecular flexibility index (Phi) is 3.46. The molecule has 0 radical (unpaired) electrons. The molecule has 2 rings (SSSR count). The van der Waals surface area contributed by atoms with E-state index in [1.54, 1.807) is 29.4 Å². The monoisotopic (exact) mass is 299 g/mol. The number of thiophene rings is 1. The third-order valence-electron chi connectivity index (χ3n) is 2.16. The van der Waals surface area contributed by atoms with Gasteiger partial charge < -0.3 is 9.32 Å². The summed E-state index contributed by atoms with van der Waals surface area (Å²) in [5, 5.41) is 2.03. The van der Waals surface area contributed by atoms with Gasteiger partial charge in [0.15, 0.2) is 0 Å². The minimum Gasteiger partial charge on any atom is -0.472 e. The van der Waals surface area contributed by atoms with Crippen molar-refractivity contribution in [3.8, 4) is 0 Å². The molecule has 0 aliphatic heterocycles. The molecule has 5 heteroatoms. The van der Waals surface area contributed by atoms with Gasteiger partial charge in [0, 0.05) is 13.6 Å². The molecule has 2 aromatic heterocycles. The molecule has 1 amide bonds. The number of hydrogen-bond acceptors (Lipinski definition) is 3. The Labute approximate surface area is 106 Å². The molecule has 0 unspecified atom stereocenters. The van der Waals surface area contributed by atoms with Crippen LogP contribution < -0.4 is 0 Å². The Balaban J connectivity index is 2.03. The number of rotatable bonds is 3. The van der Waals surface area contributed by atoms with Crippen LogP contribution >= 0.6 is 27.3 Å². The predicted molar refractivity (Wildman–Crippen MR) is 66.5 cm³/mol. The van der Waals surface area contributed by atoms with Crippen molar-refractivity contribution < 1.29 is 9.21 Å². The second-order valence-corrected chi connectivity index (χ2v) is 5.72. The van der Waals surface area contributed by atoms with Gasteiger partial charge >= 0.3 is 0 Å². The van der Waals surface area contributed by atoms with Gasteiger partial charge in [-0.05, 0) is 39.0 Å². The second-order valence-electron chi connectivity index (χ2n) is 3.43. The van der Waals surface area contributed by atoms with E-state index in [0.717, 1.165) is 9.35 Å². The summed E-state index contributed by atoms with van der Waals surface area (Å²) in [7, 11) is 1.78. The SMILES string of the molecule is CN(Cc1csc(Br)c1)C(=O)c1ccoc1. The lowest BCUT2D eigenvalue weighted by Crippen LogP contribution is -2.25. The number of carbonyl (C=O) groups excluding carboxylic acids is 1. The maximum atomic E-state index is 11.9. The zero-order chi connectivity index (χ0) is 11.5. The molecule has 2 aromatic rings. The predicted octanol–water partition coefficient (Wildman–Crippen LogP) is 3.38. The summed E-state index contributed by atoms with van der Waals surface area (Å²) in [4.78, 5) is 13.5. The first kappa shape index (κ1) is 11.4. The Morgan fingerprint density at radius 2 is 2.44 bits per heavy atom. The summed E-state index contributed by atoms with van der Waals surface area (Å²) in [5.41, 5.74) is 1.70. The Morgan fingerprint density at radius 1 is 1.62 bits per heavy atom. The highest BCUT2D eigenvalue weighted by Gasteiger charge is 2.13. The zero-order valence-corrected chi connectivity index (χ0v) is 11.0. The lowest BCUT2D eigenvalue weighted by molar-refractivity contribution is 0.0784. The normalized spacial score (nSPS) is 10.4. The number of hydrogen-bond donors (Lipinski definition) is 0. The van der Waals surface area contributed by atoms with E-state index < -0.39 is 0 Å². The van der Waals surface area contributed by atoms with Crippen molar-refractivity contribution in [3.63, 3.8) is 0 Å². The first-order valence-corrected chi connectivity index (χ1v) is 6.34. The third-order valence-corrected chi connectivity index (χ3v) is 3.71. The van der Waals surface area contributed by atoms with Crippen molar-refractivity contribution in [1.82, 2.24) is 4.90 Å². The van der Waals surface area contributed by atoms with Crippen LogP contribution in [0.2, 0.25) is 0 Å². The lowest BCUT2D eigenvalue weighted by atomic mass is 10.2. The van der Waals surface area contributed by atoms with Gasteiger partial charge in [-0.1, -0.05) is 0 Å². The fourth-order valence-electron chi connectivity index (χ4n) is 1.38. The molecule has 2 heterocycles. The molecule has 0 atom stereocenters. The summed E-state index contributed by atoms with van der Waals surface area (Å²) in [6.45, 7) is 0.603. The van der Waals surface area contributed by atoms with Crippen molar-refractivity contribution in [2.45, 2.75) is 6.54 Å². The van der Waals surface area contributed by atoms with Gasteiger partial charge in [0.1, 0.15) is 6.26 Å². The molecule has 0 fully saturated rings. The topological polar surface area (TPSA) is 33.5 Å². The van der Waals surface area contributed by atoms with E-state index in [1.165, 1.54) is 12.5 Å². The van der Waals surface area contributed by atoms with Crippen LogP contribution in [0.5, 0.6) is 0 Å². The largest absolute Gasteiger partial charge is 0.472 e.